The fraction of sp³-hybridized carbons (Fsp3) is 0.571. The molecule has 1 aliphatic carbocycles. The standard InChI is InChI=1S/C7H9N3O2.ClH/c11-6(12)7(2-1-3-7)10-5-4-8-9-10;/h4-5H,1-3H2,(H,11,12);1H. The number of aromatic nitrogens is 3. The van der Waals surface area contributed by atoms with Gasteiger partial charge in [0.25, 0.3) is 0 Å². The van der Waals surface area contributed by atoms with Gasteiger partial charge in [0.2, 0.25) is 0 Å². The third kappa shape index (κ3) is 1.29. The van der Waals surface area contributed by atoms with Crippen molar-refractivity contribution in [1.82, 2.24) is 15.0 Å². The second-order valence-electron chi connectivity index (χ2n) is 3.04. The molecule has 0 aromatic carbocycles. The highest BCUT2D eigenvalue weighted by atomic mass is 35.5. The predicted molar refractivity (Wildman–Crippen MR) is 46.7 cm³/mol. The highest BCUT2D eigenvalue weighted by Crippen LogP contribution is 2.38. The summed E-state index contributed by atoms with van der Waals surface area (Å²) in [6.07, 6.45) is 5.37. The summed E-state index contributed by atoms with van der Waals surface area (Å²) in [5, 5.41) is 16.3. The fourth-order valence-corrected chi connectivity index (χ4v) is 1.49. The molecule has 0 radical (unpaired) electrons. The molecule has 0 unspecified atom stereocenters. The van der Waals surface area contributed by atoms with Crippen LogP contribution in [0.5, 0.6) is 0 Å². The Morgan fingerprint density at radius 2 is 2.23 bits per heavy atom. The fourth-order valence-electron chi connectivity index (χ4n) is 1.49. The zero-order valence-electron chi connectivity index (χ0n) is 6.88. The van der Waals surface area contributed by atoms with E-state index < -0.39 is 11.5 Å². The number of carboxylic acid groups (broad SMARTS) is 1. The van der Waals surface area contributed by atoms with E-state index in [0.29, 0.717) is 12.8 Å². The van der Waals surface area contributed by atoms with Crippen molar-refractivity contribution in [3.05, 3.63) is 12.4 Å². The summed E-state index contributed by atoms with van der Waals surface area (Å²) >= 11 is 0. The van der Waals surface area contributed by atoms with Gasteiger partial charge in [0.05, 0.1) is 6.20 Å². The van der Waals surface area contributed by atoms with Crippen LogP contribution in [-0.4, -0.2) is 26.1 Å². The van der Waals surface area contributed by atoms with Crippen molar-refractivity contribution in [2.75, 3.05) is 0 Å². The lowest BCUT2D eigenvalue weighted by atomic mass is 9.77. The molecule has 5 nitrogen and oxygen atoms in total. The van der Waals surface area contributed by atoms with Gasteiger partial charge in [0, 0.05) is 6.20 Å². The van der Waals surface area contributed by atoms with Crippen LogP contribution in [-0.2, 0) is 10.3 Å². The van der Waals surface area contributed by atoms with Crippen LogP contribution in [0.1, 0.15) is 19.3 Å². The smallest absolute Gasteiger partial charge is 0.331 e. The number of halogens is 1. The lowest BCUT2D eigenvalue weighted by Crippen LogP contribution is -2.48. The molecule has 0 atom stereocenters. The predicted octanol–water partition coefficient (Wildman–Crippen LogP) is 0.664. The first kappa shape index (κ1) is 9.98. The molecule has 0 spiro atoms. The van der Waals surface area contributed by atoms with E-state index in [0.717, 1.165) is 6.42 Å². The molecule has 1 aliphatic rings. The van der Waals surface area contributed by atoms with Crippen molar-refractivity contribution < 1.29 is 9.90 Å². The molecule has 1 heterocycles. The maximum atomic E-state index is 10.9. The second-order valence-corrected chi connectivity index (χ2v) is 3.04. The Bertz CT molecular complexity index is 295. The lowest BCUT2D eigenvalue weighted by Gasteiger charge is -2.36. The van der Waals surface area contributed by atoms with Crippen LogP contribution in [0, 0.1) is 0 Å². The zero-order valence-corrected chi connectivity index (χ0v) is 7.70. The Labute approximate surface area is 81.2 Å². The Kier molecular flexibility index (Phi) is 2.56. The van der Waals surface area contributed by atoms with E-state index in [9.17, 15) is 4.79 Å². The Hall–Kier alpha value is -1.10. The van der Waals surface area contributed by atoms with Gasteiger partial charge < -0.3 is 5.11 Å². The number of carbonyl (C=O) groups is 1. The van der Waals surface area contributed by atoms with Crippen molar-refractivity contribution in [1.29, 1.82) is 0 Å². The van der Waals surface area contributed by atoms with Crippen LogP contribution < -0.4 is 0 Å². The van der Waals surface area contributed by atoms with Crippen molar-refractivity contribution in [3.8, 4) is 0 Å². The van der Waals surface area contributed by atoms with Crippen LogP contribution >= 0.6 is 12.4 Å². The lowest BCUT2D eigenvalue weighted by molar-refractivity contribution is -0.153. The molecule has 1 saturated carbocycles. The van der Waals surface area contributed by atoms with Gasteiger partial charge in [-0.05, 0) is 19.3 Å². The Morgan fingerprint density at radius 3 is 2.54 bits per heavy atom. The maximum Gasteiger partial charge on any atom is 0.331 e. The molecule has 0 saturated heterocycles. The van der Waals surface area contributed by atoms with E-state index in [1.807, 2.05) is 0 Å². The molecule has 13 heavy (non-hydrogen) atoms. The van der Waals surface area contributed by atoms with Crippen molar-refractivity contribution in [3.63, 3.8) is 0 Å². The summed E-state index contributed by atoms with van der Waals surface area (Å²) in [7, 11) is 0. The van der Waals surface area contributed by atoms with Crippen LogP contribution in [0.15, 0.2) is 12.4 Å². The molecule has 0 amide bonds. The monoisotopic (exact) mass is 203 g/mol. The summed E-state index contributed by atoms with van der Waals surface area (Å²) < 4.78 is 1.44. The molecule has 1 fully saturated rings. The summed E-state index contributed by atoms with van der Waals surface area (Å²) in [4.78, 5) is 10.9. The first-order valence-corrected chi connectivity index (χ1v) is 3.86. The van der Waals surface area contributed by atoms with Crippen LogP contribution in [0.2, 0.25) is 0 Å². The molecule has 1 aromatic heterocycles. The minimum absolute atomic E-state index is 0. The molecular formula is C7H10ClN3O2. The average Bonchev–Trinajstić information content (AvgIpc) is 2.35. The highest BCUT2D eigenvalue weighted by molar-refractivity contribution is 5.85. The molecule has 0 aliphatic heterocycles. The highest BCUT2D eigenvalue weighted by Gasteiger charge is 2.47. The average molecular weight is 204 g/mol. The third-order valence-corrected chi connectivity index (χ3v) is 2.44. The zero-order chi connectivity index (χ0) is 8.60. The van der Waals surface area contributed by atoms with Gasteiger partial charge >= 0.3 is 5.97 Å². The second kappa shape index (κ2) is 3.33. The number of aliphatic carboxylic acids is 1. The van der Waals surface area contributed by atoms with Crippen molar-refractivity contribution in [2.24, 2.45) is 0 Å². The minimum atomic E-state index is -0.806. The van der Waals surface area contributed by atoms with Crippen LogP contribution in [0.3, 0.4) is 0 Å². The molecule has 2 rings (SSSR count). The number of hydrogen-bond donors (Lipinski definition) is 1. The molecular weight excluding hydrogens is 194 g/mol. The third-order valence-electron chi connectivity index (χ3n) is 2.44. The quantitative estimate of drug-likeness (QED) is 0.767. The number of hydrogen-bond acceptors (Lipinski definition) is 3. The van der Waals surface area contributed by atoms with E-state index in [1.165, 1.54) is 10.9 Å². The maximum absolute atomic E-state index is 10.9. The van der Waals surface area contributed by atoms with Crippen LogP contribution in [0.25, 0.3) is 0 Å². The first-order valence-electron chi connectivity index (χ1n) is 3.86. The largest absolute Gasteiger partial charge is 0.479 e. The Morgan fingerprint density at radius 1 is 1.54 bits per heavy atom. The first-order chi connectivity index (χ1) is 5.76. The van der Waals surface area contributed by atoms with E-state index in [1.54, 1.807) is 6.20 Å². The minimum Gasteiger partial charge on any atom is -0.479 e. The van der Waals surface area contributed by atoms with Gasteiger partial charge in [-0.3, -0.25) is 0 Å². The van der Waals surface area contributed by atoms with E-state index in [2.05, 4.69) is 10.3 Å². The van der Waals surface area contributed by atoms with Gasteiger partial charge in [0.1, 0.15) is 0 Å². The molecule has 1 N–H and O–H groups in total. The van der Waals surface area contributed by atoms with E-state index >= 15 is 0 Å². The van der Waals surface area contributed by atoms with Crippen LogP contribution in [0.4, 0.5) is 0 Å². The number of carboxylic acids is 1. The van der Waals surface area contributed by atoms with Gasteiger partial charge in [0.15, 0.2) is 5.54 Å². The summed E-state index contributed by atoms with van der Waals surface area (Å²) in [6, 6.07) is 0. The SMILES string of the molecule is Cl.O=C(O)C1(n2ccnn2)CCC1. The van der Waals surface area contributed by atoms with Crippen molar-refractivity contribution in [2.45, 2.75) is 24.8 Å². The summed E-state index contributed by atoms with van der Waals surface area (Å²) in [5.41, 5.74) is -0.795. The van der Waals surface area contributed by atoms with E-state index in [-0.39, 0.29) is 12.4 Å². The van der Waals surface area contributed by atoms with Gasteiger partial charge in [-0.25, -0.2) is 9.48 Å². The molecule has 6 heteroatoms. The number of rotatable bonds is 2. The molecule has 0 bridgehead atoms. The van der Waals surface area contributed by atoms with E-state index in [4.69, 9.17) is 5.11 Å². The topological polar surface area (TPSA) is 68.0 Å². The summed E-state index contributed by atoms with van der Waals surface area (Å²) in [6.45, 7) is 0. The van der Waals surface area contributed by atoms with Gasteiger partial charge in [-0.15, -0.1) is 17.5 Å². The summed E-state index contributed by atoms with van der Waals surface area (Å²) in [5.74, 6) is -0.806. The number of nitrogens with zero attached hydrogens (tertiary/aromatic N) is 3. The van der Waals surface area contributed by atoms with Gasteiger partial charge in [-0.2, -0.15) is 0 Å². The van der Waals surface area contributed by atoms with Gasteiger partial charge in [-0.1, -0.05) is 5.21 Å². The molecule has 72 valence electrons. The normalized spacial score (nSPS) is 18.5. The Balaban J connectivity index is 0.000000845. The molecule has 1 aromatic rings. The van der Waals surface area contributed by atoms with Crippen molar-refractivity contribution >= 4 is 18.4 Å².